The van der Waals surface area contributed by atoms with E-state index in [1.807, 2.05) is 57.3 Å². The first-order valence-electron chi connectivity index (χ1n) is 19.5. The van der Waals surface area contributed by atoms with Crippen molar-refractivity contribution in [3.63, 3.8) is 0 Å². The molecule has 0 amide bonds. The van der Waals surface area contributed by atoms with Crippen LogP contribution in [0.3, 0.4) is 0 Å². The number of hydrogen-bond donors (Lipinski definition) is 2. The second-order valence-electron chi connectivity index (χ2n) is 14.0. The van der Waals surface area contributed by atoms with E-state index >= 15 is 0 Å². The molecule has 3 aliphatic heterocycles. The standard InChI is InChI=1S/C14H16I3NO2.C14H17I2NO3.C13H15I2NO4/c15-10-8-11(13(17)12(16)9-10)14(19)20-7-6-18-4-2-1-3-5-18;15-10-8-11(13(18)12(16)9-10)14(19)20-7-6-17-4-2-1-3-5-17;14-9-7-10(12(17)11(15)8-9)13(18)20-6-3-16-1-4-19-5-2-16/h8-9H,1-7H2;8-9,18H,1-7H2;7-8,17H,1-6H2. The highest BCUT2D eigenvalue weighted by molar-refractivity contribution is 14.1. The number of rotatable bonds is 12. The number of benzene rings is 3. The zero-order valence-corrected chi connectivity index (χ0v) is 47.9. The molecule has 0 spiro atoms. The average Bonchev–Trinajstić information content (AvgIpc) is 3.23. The second kappa shape index (κ2) is 28.6. The summed E-state index contributed by atoms with van der Waals surface area (Å²) in [7, 11) is 0. The molecule has 3 fully saturated rings. The number of piperidine rings is 2. The van der Waals surface area contributed by atoms with E-state index in [4.69, 9.17) is 18.9 Å². The molecular formula is C41H48I7N3O9. The van der Waals surface area contributed by atoms with Crippen LogP contribution in [0.4, 0.5) is 0 Å². The Hall–Kier alpha value is 0.620. The lowest BCUT2D eigenvalue weighted by atomic mass is 10.1. The number of morpholine rings is 1. The first-order chi connectivity index (χ1) is 28.7. The molecule has 3 aromatic rings. The molecule has 3 aromatic carbocycles. The van der Waals surface area contributed by atoms with E-state index in [2.05, 4.69) is 134 Å². The Balaban J connectivity index is 0.000000198. The zero-order valence-electron chi connectivity index (χ0n) is 32.8. The lowest BCUT2D eigenvalue weighted by Gasteiger charge is -2.26. The van der Waals surface area contributed by atoms with Gasteiger partial charge in [0, 0.05) is 50.6 Å². The van der Waals surface area contributed by atoms with Gasteiger partial charge in [-0.3, -0.25) is 14.7 Å². The quantitative estimate of drug-likeness (QED) is 0.0774. The molecule has 3 saturated heterocycles. The van der Waals surface area contributed by atoms with Gasteiger partial charge < -0.3 is 29.2 Å². The Kier molecular flexibility index (Phi) is 25.4. The van der Waals surface area contributed by atoms with Crippen LogP contribution in [0, 0.1) is 25.0 Å². The van der Waals surface area contributed by atoms with Crippen molar-refractivity contribution in [2.45, 2.75) is 38.5 Å². The molecule has 3 heterocycles. The van der Waals surface area contributed by atoms with Crippen LogP contribution in [0.2, 0.25) is 0 Å². The van der Waals surface area contributed by atoms with Gasteiger partial charge in [-0.15, -0.1) is 0 Å². The third kappa shape index (κ3) is 18.5. The lowest BCUT2D eigenvalue weighted by Crippen LogP contribution is -2.38. The number of esters is 3. The van der Waals surface area contributed by atoms with Crippen LogP contribution >= 0.6 is 158 Å². The Morgan fingerprint density at radius 1 is 0.483 bits per heavy atom. The van der Waals surface area contributed by atoms with Crippen molar-refractivity contribution in [1.29, 1.82) is 0 Å². The van der Waals surface area contributed by atoms with Crippen LogP contribution < -0.4 is 0 Å². The van der Waals surface area contributed by atoms with Crippen LogP contribution in [-0.2, 0) is 18.9 Å². The SMILES string of the molecule is O=C(OCCN1CCCCC1)c1cc(I)cc(I)c1I.O=C(OCCN1CCCCC1)c1cc(I)cc(I)c1O.O=C(OCCN1CCOCC1)c1cc(I)cc(I)c1O. The van der Waals surface area contributed by atoms with Crippen molar-refractivity contribution in [3.05, 3.63) is 78.1 Å². The molecule has 0 bridgehead atoms. The van der Waals surface area contributed by atoms with Gasteiger partial charge in [-0.05, 0) is 246 Å². The van der Waals surface area contributed by atoms with E-state index in [1.165, 1.54) is 38.5 Å². The number of carbonyl (C=O) groups is 3. The van der Waals surface area contributed by atoms with Crippen molar-refractivity contribution in [2.75, 3.05) is 91.9 Å². The number of halogens is 7. The summed E-state index contributed by atoms with van der Waals surface area (Å²) in [6.07, 6.45) is 7.61. The number of carbonyl (C=O) groups excluding carboxylic acids is 3. The number of phenols is 2. The summed E-state index contributed by atoms with van der Waals surface area (Å²) in [4.78, 5) is 43.0. The van der Waals surface area contributed by atoms with Crippen molar-refractivity contribution in [1.82, 2.24) is 14.7 Å². The Labute approximate surface area is 448 Å². The normalized spacial score (nSPS) is 16.1. The molecular weight excluding hydrogens is 1570 g/mol. The molecule has 3 aliphatic rings. The average molecular weight is 1620 g/mol. The second-order valence-corrected chi connectivity index (χ2v) is 22.3. The minimum atomic E-state index is -0.479. The van der Waals surface area contributed by atoms with E-state index in [1.54, 1.807) is 18.2 Å². The van der Waals surface area contributed by atoms with Crippen molar-refractivity contribution >= 4 is 176 Å². The molecule has 330 valence electrons. The molecule has 2 N–H and O–H groups in total. The fourth-order valence-electron chi connectivity index (χ4n) is 6.37. The van der Waals surface area contributed by atoms with Crippen LogP contribution in [0.1, 0.15) is 69.6 Å². The molecule has 6 rings (SSSR count). The summed E-state index contributed by atoms with van der Waals surface area (Å²) in [6.45, 7) is 11.1. The van der Waals surface area contributed by atoms with Crippen molar-refractivity contribution in [2.24, 2.45) is 0 Å². The van der Waals surface area contributed by atoms with Gasteiger partial charge in [0.05, 0.1) is 25.9 Å². The molecule has 0 radical (unpaired) electrons. The highest BCUT2D eigenvalue weighted by Crippen LogP contribution is 2.29. The molecule has 19 heteroatoms. The lowest BCUT2D eigenvalue weighted by molar-refractivity contribution is 0.0194. The van der Waals surface area contributed by atoms with E-state index in [-0.39, 0.29) is 28.6 Å². The maximum Gasteiger partial charge on any atom is 0.342 e. The number of hydrogen-bond acceptors (Lipinski definition) is 12. The number of ether oxygens (including phenoxy) is 4. The van der Waals surface area contributed by atoms with Gasteiger partial charge in [0.2, 0.25) is 0 Å². The Morgan fingerprint density at radius 2 is 0.817 bits per heavy atom. The van der Waals surface area contributed by atoms with Crippen LogP contribution in [-0.4, -0.2) is 135 Å². The fraction of sp³-hybridized carbons (Fsp3) is 0.488. The summed E-state index contributed by atoms with van der Waals surface area (Å²) in [5.41, 5.74) is 1.16. The zero-order chi connectivity index (χ0) is 43.6. The first kappa shape index (κ1) is 53.2. The smallest absolute Gasteiger partial charge is 0.342 e. The monoisotopic (exact) mass is 1610 g/mol. The van der Waals surface area contributed by atoms with Crippen LogP contribution in [0.15, 0.2) is 36.4 Å². The maximum absolute atomic E-state index is 12.2. The third-order valence-corrected chi connectivity index (χ3v) is 16.2. The van der Waals surface area contributed by atoms with Crippen molar-refractivity contribution in [3.8, 4) is 11.5 Å². The molecule has 60 heavy (non-hydrogen) atoms. The third-order valence-electron chi connectivity index (χ3n) is 9.63. The van der Waals surface area contributed by atoms with Gasteiger partial charge in [0.1, 0.15) is 42.4 Å². The maximum atomic E-state index is 12.2. The minimum absolute atomic E-state index is 0.00832. The number of likely N-dealkylation sites (tertiary alicyclic amines) is 2. The van der Waals surface area contributed by atoms with Gasteiger partial charge in [-0.2, -0.15) is 0 Å². The molecule has 0 aliphatic carbocycles. The number of nitrogens with zero attached hydrogens (tertiary/aromatic N) is 3. The Morgan fingerprint density at radius 3 is 1.22 bits per heavy atom. The highest BCUT2D eigenvalue weighted by atomic mass is 127. The Bertz CT molecular complexity index is 1680. The van der Waals surface area contributed by atoms with E-state index in [0.29, 0.717) is 39.1 Å². The van der Waals surface area contributed by atoms with Gasteiger partial charge in [0.25, 0.3) is 0 Å². The molecule has 0 atom stereocenters. The van der Waals surface area contributed by atoms with Crippen molar-refractivity contribution < 1.29 is 43.5 Å². The molecule has 0 saturated carbocycles. The summed E-state index contributed by atoms with van der Waals surface area (Å²) in [5.74, 6) is -1.14. The predicted octanol–water partition coefficient (Wildman–Crippen LogP) is 9.48. The summed E-state index contributed by atoms with van der Waals surface area (Å²) < 4.78 is 27.4. The number of aromatic hydroxyl groups is 2. The molecule has 0 aromatic heterocycles. The van der Waals surface area contributed by atoms with Gasteiger partial charge in [-0.1, -0.05) is 12.8 Å². The van der Waals surface area contributed by atoms with E-state index < -0.39 is 11.9 Å². The van der Waals surface area contributed by atoms with Gasteiger partial charge in [-0.25, -0.2) is 14.4 Å². The highest BCUT2D eigenvalue weighted by Gasteiger charge is 2.20. The van der Waals surface area contributed by atoms with Crippen LogP contribution in [0.25, 0.3) is 0 Å². The summed E-state index contributed by atoms with van der Waals surface area (Å²) in [6, 6.07) is 10.9. The fourth-order valence-corrected chi connectivity index (χ4v) is 12.4. The van der Waals surface area contributed by atoms with Gasteiger partial charge in [0.15, 0.2) is 0 Å². The first-order valence-corrected chi connectivity index (χ1v) is 27.0. The summed E-state index contributed by atoms with van der Waals surface area (Å²) >= 11 is 14.9. The number of phenolic OH excluding ortho intramolecular Hbond substituents is 2. The topological polar surface area (TPSA) is 138 Å². The van der Waals surface area contributed by atoms with E-state index in [0.717, 1.165) is 83.4 Å². The predicted molar refractivity (Wildman–Crippen MR) is 290 cm³/mol. The molecule has 0 unspecified atom stereocenters. The largest absolute Gasteiger partial charge is 0.506 e. The van der Waals surface area contributed by atoms with Crippen LogP contribution in [0.5, 0.6) is 11.5 Å². The van der Waals surface area contributed by atoms with E-state index in [9.17, 15) is 24.6 Å². The minimum Gasteiger partial charge on any atom is -0.506 e. The van der Waals surface area contributed by atoms with Gasteiger partial charge >= 0.3 is 17.9 Å². The molecule has 12 nitrogen and oxygen atoms in total. The summed E-state index contributed by atoms with van der Waals surface area (Å²) in [5, 5.41) is 19.8.